The van der Waals surface area contributed by atoms with Crippen LogP contribution < -0.4 is 5.32 Å². The van der Waals surface area contributed by atoms with Crippen molar-refractivity contribution in [3.05, 3.63) is 71.4 Å². The van der Waals surface area contributed by atoms with Gasteiger partial charge >= 0.3 is 0 Å². The van der Waals surface area contributed by atoms with Crippen molar-refractivity contribution in [3.63, 3.8) is 0 Å². The van der Waals surface area contributed by atoms with Crippen molar-refractivity contribution >= 4 is 21.4 Å². The molecule has 30 heavy (non-hydrogen) atoms. The van der Waals surface area contributed by atoms with Gasteiger partial charge in [0.2, 0.25) is 0 Å². The number of hydrogen-bond acceptors (Lipinski definition) is 4. The number of rotatable bonds is 5. The second kappa shape index (κ2) is 8.07. The highest BCUT2D eigenvalue weighted by Crippen LogP contribution is 2.30. The predicted molar refractivity (Wildman–Crippen MR) is 118 cm³/mol. The van der Waals surface area contributed by atoms with Gasteiger partial charge in [0, 0.05) is 5.69 Å². The standard InChI is InChI=1S/C23H25N3O3S/c1-3-17-6-10-19(11-7-17)24-23(27)21-14-22(18-8-4-16(2)5-9-18)26(25-21)20-12-13-30(28,29)15-20/h4-11,14,20H,3,12-13,15H2,1-2H3,(H,24,27)/t20-/m1/s1. The van der Waals surface area contributed by atoms with Crippen molar-refractivity contribution in [1.82, 2.24) is 9.78 Å². The number of amides is 1. The molecular weight excluding hydrogens is 398 g/mol. The van der Waals surface area contributed by atoms with E-state index in [2.05, 4.69) is 17.3 Å². The Balaban J connectivity index is 1.67. The fourth-order valence-electron chi connectivity index (χ4n) is 3.71. The number of sulfone groups is 1. The number of benzene rings is 2. The van der Waals surface area contributed by atoms with Gasteiger partial charge in [-0.15, -0.1) is 0 Å². The number of anilines is 1. The van der Waals surface area contributed by atoms with Crippen LogP contribution in [0.25, 0.3) is 11.3 Å². The van der Waals surface area contributed by atoms with Crippen LogP contribution in [-0.2, 0) is 16.3 Å². The van der Waals surface area contributed by atoms with Crippen molar-refractivity contribution in [2.24, 2.45) is 0 Å². The van der Waals surface area contributed by atoms with E-state index < -0.39 is 9.84 Å². The average molecular weight is 424 g/mol. The summed E-state index contributed by atoms with van der Waals surface area (Å²) in [5.74, 6) is -0.115. The van der Waals surface area contributed by atoms with Crippen molar-refractivity contribution in [2.75, 3.05) is 16.8 Å². The Labute approximate surface area is 176 Å². The molecule has 1 aromatic heterocycles. The zero-order chi connectivity index (χ0) is 21.3. The number of carbonyl (C=O) groups is 1. The number of nitrogens with one attached hydrogen (secondary N) is 1. The zero-order valence-electron chi connectivity index (χ0n) is 17.1. The monoisotopic (exact) mass is 423 g/mol. The molecule has 0 spiro atoms. The summed E-state index contributed by atoms with van der Waals surface area (Å²) in [5, 5.41) is 7.41. The van der Waals surface area contributed by atoms with Crippen LogP contribution in [0.5, 0.6) is 0 Å². The number of nitrogens with zero attached hydrogens (tertiary/aromatic N) is 2. The average Bonchev–Trinajstić information content (AvgIpc) is 3.32. The maximum Gasteiger partial charge on any atom is 0.276 e. The Hall–Kier alpha value is -2.93. The number of aryl methyl sites for hydroxylation is 2. The first-order chi connectivity index (χ1) is 14.3. The summed E-state index contributed by atoms with van der Waals surface area (Å²) in [6.45, 7) is 4.09. The lowest BCUT2D eigenvalue weighted by molar-refractivity contribution is 0.102. The quantitative estimate of drug-likeness (QED) is 0.672. The Morgan fingerprint density at radius 3 is 2.43 bits per heavy atom. The molecule has 0 unspecified atom stereocenters. The Bertz CT molecular complexity index is 1160. The molecule has 156 valence electrons. The van der Waals surface area contributed by atoms with Crippen LogP contribution in [0.3, 0.4) is 0 Å². The molecule has 1 aliphatic rings. The lowest BCUT2D eigenvalue weighted by atomic mass is 10.1. The molecule has 1 atom stereocenters. The third-order valence-electron chi connectivity index (χ3n) is 5.49. The van der Waals surface area contributed by atoms with Crippen LogP contribution in [0.1, 0.15) is 41.0 Å². The van der Waals surface area contributed by atoms with Gasteiger partial charge in [0.1, 0.15) is 0 Å². The molecule has 4 rings (SSSR count). The van der Waals surface area contributed by atoms with Crippen LogP contribution in [0.4, 0.5) is 5.69 Å². The van der Waals surface area contributed by atoms with Crippen molar-refractivity contribution in [3.8, 4) is 11.3 Å². The number of hydrogen-bond donors (Lipinski definition) is 1. The molecule has 0 radical (unpaired) electrons. The van der Waals surface area contributed by atoms with E-state index in [4.69, 9.17) is 0 Å². The van der Waals surface area contributed by atoms with Gasteiger partial charge < -0.3 is 5.32 Å². The van der Waals surface area contributed by atoms with Crippen LogP contribution in [-0.4, -0.2) is 35.6 Å². The third-order valence-corrected chi connectivity index (χ3v) is 7.24. The first-order valence-corrected chi connectivity index (χ1v) is 11.9. The third kappa shape index (κ3) is 4.31. The maximum atomic E-state index is 12.9. The molecule has 7 heteroatoms. The molecule has 0 bridgehead atoms. The minimum Gasteiger partial charge on any atom is -0.321 e. The van der Waals surface area contributed by atoms with Crippen LogP contribution in [0.2, 0.25) is 0 Å². The second-order valence-corrected chi connectivity index (χ2v) is 10.0. The minimum atomic E-state index is -3.08. The van der Waals surface area contributed by atoms with E-state index in [0.29, 0.717) is 12.1 Å². The summed E-state index contributed by atoms with van der Waals surface area (Å²) in [5.41, 5.74) is 4.96. The Morgan fingerprint density at radius 2 is 1.83 bits per heavy atom. The minimum absolute atomic E-state index is 0.0487. The van der Waals surface area contributed by atoms with Gasteiger partial charge in [0.05, 0.1) is 23.2 Å². The topological polar surface area (TPSA) is 81.1 Å². The highest BCUT2D eigenvalue weighted by atomic mass is 32.2. The van der Waals surface area contributed by atoms with Crippen molar-refractivity contribution < 1.29 is 13.2 Å². The van der Waals surface area contributed by atoms with Gasteiger partial charge in [-0.1, -0.05) is 48.9 Å². The van der Waals surface area contributed by atoms with Crippen molar-refractivity contribution in [1.29, 1.82) is 0 Å². The highest BCUT2D eigenvalue weighted by molar-refractivity contribution is 7.91. The highest BCUT2D eigenvalue weighted by Gasteiger charge is 2.32. The van der Waals surface area contributed by atoms with Crippen molar-refractivity contribution in [2.45, 2.75) is 32.7 Å². The first-order valence-electron chi connectivity index (χ1n) is 10.1. The molecule has 0 aliphatic carbocycles. The Morgan fingerprint density at radius 1 is 1.13 bits per heavy atom. The predicted octanol–water partition coefficient (Wildman–Crippen LogP) is 4.03. The molecule has 1 fully saturated rings. The molecule has 2 aromatic carbocycles. The summed E-state index contributed by atoms with van der Waals surface area (Å²) in [4.78, 5) is 12.9. The molecule has 1 aliphatic heterocycles. The molecule has 3 aromatic rings. The van der Waals surface area contributed by atoms with E-state index in [1.165, 1.54) is 5.56 Å². The fourth-order valence-corrected chi connectivity index (χ4v) is 5.40. The normalized spacial score (nSPS) is 17.7. The maximum absolute atomic E-state index is 12.9. The summed E-state index contributed by atoms with van der Waals surface area (Å²) in [6.07, 6.45) is 1.44. The molecular formula is C23H25N3O3S. The van der Waals surface area contributed by atoms with E-state index in [1.54, 1.807) is 10.7 Å². The summed E-state index contributed by atoms with van der Waals surface area (Å²) >= 11 is 0. The van der Waals surface area contributed by atoms with E-state index in [-0.39, 0.29) is 29.1 Å². The molecule has 1 amide bonds. The Kier molecular flexibility index (Phi) is 5.47. The lowest BCUT2D eigenvalue weighted by Crippen LogP contribution is -2.16. The van der Waals surface area contributed by atoms with Crippen LogP contribution in [0, 0.1) is 6.92 Å². The zero-order valence-corrected chi connectivity index (χ0v) is 17.9. The molecule has 6 nitrogen and oxygen atoms in total. The largest absolute Gasteiger partial charge is 0.321 e. The van der Waals surface area contributed by atoms with Gasteiger partial charge in [-0.3, -0.25) is 9.48 Å². The summed E-state index contributed by atoms with van der Waals surface area (Å²) in [7, 11) is -3.08. The van der Waals surface area contributed by atoms with Crippen LogP contribution in [0.15, 0.2) is 54.6 Å². The second-order valence-electron chi connectivity index (χ2n) is 7.79. The first kappa shape index (κ1) is 20.3. The molecule has 1 saturated heterocycles. The summed E-state index contributed by atoms with van der Waals surface area (Å²) in [6, 6.07) is 17.1. The molecule has 0 saturated carbocycles. The van der Waals surface area contributed by atoms with E-state index >= 15 is 0 Å². The molecule has 1 N–H and O–H groups in total. The van der Waals surface area contributed by atoms with Gasteiger partial charge in [-0.25, -0.2) is 8.42 Å². The smallest absolute Gasteiger partial charge is 0.276 e. The molecule has 2 heterocycles. The number of carbonyl (C=O) groups excluding carboxylic acids is 1. The van der Waals surface area contributed by atoms with E-state index in [0.717, 1.165) is 23.2 Å². The van der Waals surface area contributed by atoms with E-state index in [1.807, 2.05) is 55.5 Å². The van der Waals surface area contributed by atoms with E-state index in [9.17, 15) is 13.2 Å². The van der Waals surface area contributed by atoms with Gasteiger partial charge in [-0.05, 0) is 49.1 Å². The SMILES string of the molecule is CCc1ccc(NC(=O)c2cc(-c3ccc(C)cc3)n([C@@H]3CCS(=O)(=O)C3)n2)cc1. The summed E-state index contributed by atoms with van der Waals surface area (Å²) < 4.78 is 25.8. The lowest BCUT2D eigenvalue weighted by Gasteiger charge is -2.13. The fraction of sp³-hybridized carbons (Fsp3) is 0.304. The van der Waals surface area contributed by atoms with Gasteiger partial charge in [-0.2, -0.15) is 5.10 Å². The van der Waals surface area contributed by atoms with Crippen LogP contribution >= 0.6 is 0 Å². The number of aromatic nitrogens is 2. The van der Waals surface area contributed by atoms with Gasteiger partial charge in [0.15, 0.2) is 15.5 Å². The van der Waals surface area contributed by atoms with Gasteiger partial charge in [0.25, 0.3) is 5.91 Å².